The van der Waals surface area contributed by atoms with Crippen LogP contribution in [0.3, 0.4) is 0 Å². The summed E-state index contributed by atoms with van der Waals surface area (Å²) >= 11 is 0. The van der Waals surface area contributed by atoms with Crippen LogP contribution in [0.2, 0.25) is 0 Å². The maximum absolute atomic E-state index is 13.5. The van der Waals surface area contributed by atoms with Gasteiger partial charge in [-0.1, -0.05) is 13.8 Å². The van der Waals surface area contributed by atoms with E-state index in [-0.39, 0.29) is 50.8 Å². The topological polar surface area (TPSA) is 90.4 Å². The number of sulfonamides is 1. The number of alkyl halides is 3. The summed E-state index contributed by atoms with van der Waals surface area (Å²) in [6.45, 7) is 5.92. The SMILES string of the molecule is CCN(CC)S(=O)(=O)c1ccc(OCC(C)O)c(N2CCN(C(=O)c3ccc(F)cc3C(F)(F)F)CC2)c1. The molecule has 210 valence electrons. The van der Waals surface area contributed by atoms with Crippen LogP contribution in [0.4, 0.5) is 23.2 Å². The molecule has 13 heteroatoms. The number of hydrogen-bond acceptors (Lipinski definition) is 6. The molecule has 8 nitrogen and oxygen atoms in total. The summed E-state index contributed by atoms with van der Waals surface area (Å²) in [6, 6.07) is 6.32. The van der Waals surface area contributed by atoms with Gasteiger partial charge in [0, 0.05) is 39.3 Å². The zero-order valence-electron chi connectivity index (χ0n) is 21.3. The van der Waals surface area contributed by atoms with Gasteiger partial charge in [-0.2, -0.15) is 17.5 Å². The van der Waals surface area contributed by atoms with Crippen LogP contribution in [0.1, 0.15) is 36.7 Å². The first kappa shape index (κ1) is 29.7. The maximum Gasteiger partial charge on any atom is 0.417 e. The molecule has 0 aromatic heterocycles. The number of halogens is 4. The summed E-state index contributed by atoms with van der Waals surface area (Å²) in [5.41, 5.74) is -1.56. The first-order chi connectivity index (χ1) is 17.8. The van der Waals surface area contributed by atoms with Gasteiger partial charge in [-0.25, -0.2) is 12.8 Å². The second kappa shape index (κ2) is 11.9. The van der Waals surface area contributed by atoms with Gasteiger partial charge >= 0.3 is 6.18 Å². The van der Waals surface area contributed by atoms with E-state index in [0.717, 1.165) is 12.1 Å². The van der Waals surface area contributed by atoms with Crippen LogP contribution in [0.15, 0.2) is 41.3 Å². The summed E-state index contributed by atoms with van der Waals surface area (Å²) in [4.78, 5) is 16.0. The van der Waals surface area contributed by atoms with E-state index in [4.69, 9.17) is 4.74 Å². The number of aliphatic hydroxyl groups is 1. The van der Waals surface area contributed by atoms with Crippen LogP contribution < -0.4 is 9.64 Å². The molecule has 0 spiro atoms. The van der Waals surface area contributed by atoms with Crippen molar-refractivity contribution in [2.45, 2.75) is 37.9 Å². The highest BCUT2D eigenvalue weighted by Gasteiger charge is 2.37. The molecule has 1 aliphatic heterocycles. The molecule has 1 saturated heterocycles. The molecule has 1 unspecified atom stereocenters. The summed E-state index contributed by atoms with van der Waals surface area (Å²) in [7, 11) is -3.79. The van der Waals surface area contributed by atoms with Crippen LogP contribution in [0, 0.1) is 5.82 Å². The van der Waals surface area contributed by atoms with Crippen LogP contribution in [-0.2, 0) is 16.2 Å². The van der Waals surface area contributed by atoms with Gasteiger partial charge in [0.05, 0.1) is 27.8 Å². The Hall–Kier alpha value is -2.90. The zero-order valence-corrected chi connectivity index (χ0v) is 22.1. The molecule has 0 saturated carbocycles. The van der Waals surface area contributed by atoms with Gasteiger partial charge in [0.1, 0.15) is 18.2 Å². The summed E-state index contributed by atoms with van der Waals surface area (Å²) < 4.78 is 87.0. The Balaban J connectivity index is 1.88. The summed E-state index contributed by atoms with van der Waals surface area (Å²) in [6.07, 6.45) is -5.68. The van der Waals surface area contributed by atoms with E-state index in [0.29, 0.717) is 17.5 Å². The van der Waals surface area contributed by atoms with Crippen molar-refractivity contribution in [1.82, 2.24) is 9.21 Å². The minimum absolute atomic E-state index is 0.0381. The number of ether oxygens (including phenoxy) is 1. The maximum atomic E-state index is 13.5. The van der Waals surface area contributed by atoms with Gasteiger partial charge in [-0.3, -0.25) is 4.79 Å². The zero-order chi connectivity index (χ0) is 28.3. The molecule has 1 fully saturated rings. The number of carbonyl (C=O) groups excluding carboxylic acids is 1. The highest BCUT2D eigenvalue weighted by molar-refractivity contribution is 7.89. The number of anilines is 1. The quantitative estimate of drug-likeness (QED) is 0.471. The number of hydrogen-bond donors (Lipinski definition) is 1. The highest BCUT2D eigenvalue weighted by Crippen LogP contribution is 2.35. The van der Waals surface area contributed by atoms with E-state index in [2.05, 4.69) is 0 Å². The normalized spacial score (nSPS) is 15.6. The largest absolute Gasteiger partial charge is 0.489 e. The lowest BCUT2D eigenvalue weighted by molar-refractivity contribution is -0.138. The Morgan fingerprint density at radius 2 is 1.71 bits per heavy atom. The minimum Gasteiger partial charge on any atom is -0.489 e. The molecule has 1 N–H and O–H groups in total. The van der Waals surface area contributed by atoms with Crippen LogP contribution in [-0.4, -0.2) is 80.6 Å². The number of benzene rings is 2. The fourth-order valence-corrected chi connectivity index (χ4v) is 5.69. The predicted octanol–water partition coefficient (Wildman–Crippen LogP) is 3.60. The molecule has 0 aliphatic carbocycles. The fourth-order valence-electron chi connectivity index (χ4n) is 4.21. The smallest absolute Gasteiger partial charge is 0.417 e. The number of nitrogens with zero attached hydrogens (tertiary/aromatic N) is 3. The van der Waals surface area contributed by atoms with Gasteiger partial charge in [0.2, 0.25) is 10.0 Å². The average Bonchev–Trinajstić information content (AvgIpc) is 2.87. The Labute approximate surface area is 219 Å². The number of rotatable bonds is 9. The third-order valence-corrected chi connectivity index (χ3v) is 8.22. The molecule has 2 aromatic rings. The van der Waals surface area contributed by atoms with Crippen LogP contribution in [0.25, 0.3) is 0 Å². The highest BCUT2D eigenvalue weighted by atomic mass is 32.2. The second-order valence-electron chi connectivity index (χ2n) is 8.85. The van der Waals surface area contributed by atoms with Crippen molar-refractivity contribution in [3.05, 3.63) is 53.3 Å². The fraction of sp³-hybridized carbons (Fsp3) is 0.480. The minimum atomic E-state index is -4.90. The molecule has 1 heterocycles. The standard InChI is InChI=1S/C25H31F4N3O5S/c1-4-32(5-2)38(35,36)19-7-9-23(37-16-17(3)33)22(15-19)30-10-12-31(13-11-30)24(34)20-8-6-18(26)14-21(20)25(27,28)29/h6-9,14-15,17,33H,4-5,10-13,16H2,1-3H3. The molecule has 38 heavy (non-hydrogen) atoms. The van der Waals surface area contributed by atoms with Crippen molar-refractivity contribution in [2.24, 2.45) is 0 Å². The first-order valence-electron chi connectivity index (χ1n) is 12.2. The third-order valence-electron chi connectivity index (χ3n) is 6.18. The van der Waals surface area contributed by atoms with Crippen molar-refractivity contribution < 1.29 is 40.6 Å². The number of piperazine rings is 1. The second-order valence-corrected chi connectivity index (χ2v) is 10.8. The van der Waals surface area contributed by atoms with E-state index in [1.165, 1.54) is 34.3 Å². The van der Waals surface area contributed by atoms with E-state index in [9.17, 15) is 35.9 Å². The van der Waals surface area contributed by atoms with E-state index in [1.807, 2.05) is 0 Å². The van der Waals surface area contributed by atoms with Crippen molar-refractivity contribution >= 4 is 21.6 Å². The molecule has 0 radical (unpaired) electrons. The molecule has 2 aromatic carbocycles. The lowest BCUT2D eigenvalue weighted by Crippen LogP contribution is -2.49. The lowest BCUT2D eigenvalue weighted by Gasteiger charge is -2.37. The van der Waals surface area contributed by atoms with Gasteiger partial charge in [0.25, 0.3) is 5.91 Å². The molecule has 1 amide bonds. The van der Waals surface area contributed by atoms with Gasteiger partial charge < -0.3 is 19.6 Å². The lowest BCUT2D eigenvalue weighted by atomic mass is 10.0. The first-order valence-corrected chi connectivity index (χ1v) is 13.6. The number of amides is 1. The molecule has 1 aliphatic rings. The third kappa shape index (κ3) is 6.56. The van der Waals surface area contributed by atoms with Gasteiger partial charge in [0.15, 0.2) is 0 Å². The summed E-state index contributed by atoms with van der Waals surface area (Å²) in [5, 5.41) is 9.65. The Morgan fingerprint density at radius 3 is 2.26 bits per heavy atom. The Morgan fingerprint density at radius 1 is 1.08 bits per heavy atom. The van der Waals surface area contributed by atoms with Crippen molar-refractivity contribution in [3.8, 4) is 5.75 Å². The molecule has 1 atom stereocenters. The monoisotopic (exact) mass is 561 g/mol. The van der Waals surface area contributed by atoms with Crippen molar-refractivity contribution in [3.63, 3.8) is 0 Å². The predicted molar refractivity (Wildman–Crippen MR) is 133 cm³/mol. The van der Waals surface area contributed by atoms with Crippen molar-refractivity contribution in [2.75, 3.05) is 50.8 Å². The number of aliphatic hydroxyl groups excluding tert-OH is 1. The Kier molecular flexibility index (Phi) is 9.26. The van der Waals surface area contributed by atoms with E-state index < -0.39 is 45.2 Å². The molecule has 0 bridgehead atoms. The van der Waals surface area contributed by atoms with E-state index >= 15 is 0 Å². The molecular weight excluding hydrogens is 530 g/mol. The van der Waals surface area contributed by atoms with Crippen LogP contribution in [0.5, 0.6) is 5.75 Å². The van der Waals surface area contributed by atoms with Crippen LogP contribution >= 0.6 is 0 Å². The molecule has 3 rings (SSSR count). The Bertz CT molecular complexity index is 1240. The molecular formula is C25H31F4N3O5S. The van der Waals surface area contributed by atoms with E-state index in [1.54, 1.807) is 18.7 Å². The average molecular weight is 562 g/mol. The van der Waals surface area contributed by atoms with Gasteiger partial charge in [-0.15, -0.1) is 0 Å². The van der Waals surface area contributed by atoms with Gasteiger partial charge in [-0.05, 0) is 43.3 Å². The number of carbonyl (C=O) groups is 1. The summed E-state index contributed by atoms with van der Waals surface area (Å²) in [5.74, 6) is -1.65. The van der Waals surface area contributed by atoms with Crippen molar-refractivity contribution in [1.29, 1.82) is 0 Å².